The second-order valence-electron chi connectivity index (χ2n) is 13.5. The summed E-state index contributed by atoms with van der Waals surface area (Å²) >= 11 is 6.55. The van der Waals surface area contributed by atoms with Crippen LogP contribution in [0.3, 0.4) is 0 Å². The Labute approximate surface area is 311 Å². The molecule has 2 aliphatic rings. The summed E-state index contributed by atoms with van der Waals surface area (Å²) < 4.78 is 117. The van der Waals surface area contributed by atoms with Gasteiger partial charge in [-0.3, -0.25) is 28.2 Å². The highest BCUT2D eigenvalue weighted by Gasteiger charge is 2.67. The van der Waals surface area contributed by atoms with Crippen LogP contribution in [0.1, 0.15) is 53.1 Å². The Kier molecular flexibility index (Phi) is 8.52. The van der Waals surface area contributed by atoms with Gasteiger partial charge < -0.3 is 5.32 Å². The van der Waals surface area contributed by atoms with E-state index in [2.05, 4.69) is 20.2 Å². The Bertz CT molecular complexity index is 2750. The fraction of sp³-hybridized carbons (Fsp3) is 0.286. The molecule has 6 aromatic rings. The van der Waals surface area contributed by atoms with E-state index in [-0.39, 0.29) is 61.7 Å². The van der Waals surface area contributed by atoms with E-state index in [1.807, 2.05) is 0 Å². The van der Waals surface area contributed by atoms with E-state index >= 15 is 8.78 Å². The zero-order valence-electron chi connectivity index (χ0n) is 28.5. The molecule has 3 aromatic carbocycles. The largest absolute Gasteiger partial charge is 0.344 e. The number of sulfonamides is 1. The highest BCUT2D eigenvalue weighted by molar-refractivity contribution is 7.92. The number of hydrogen-bond donors (Lipinski definition) is 2. The van der Waals surface area contributed by atoms with Gasteiger partial charge in [-0.05, 0) is 54.3 Å². The van der Waals surface area contributed by atoms with Crippen molar-refractivity contribution in [3.05, 3.63) is 110 Å². The summed E-state index contributed by atoms with van der Waals surface area (Å²) in [5.74, 6) is -8.85. The van der Waals surface area contributed by atoms with Crippen molar-refractivity contribution in [1.29, 1.82) is 0 Å². The number of carbonyl (C=O) groups excluding carboxylic acids is 1. The number of fused-ring (bicyclic) bond motifs is 5. The maximum Gasteiger partial charge on any atom is 0.293 e. The maximum absolute atomic E-state index is 15.4. The average Bonchev–Trinajstić information content (AvgIpc) is 3.63. The lowest BCUT2D eigenvalue weighted by molar-refractivity contribution is -0.123. The summed E-state index contributed by atoms with van der Waals surface area (Å²) in [4.78, 5) is 33.1. The minimum atomic E-state index is -3.87. The van der Waals surface area contributed by atoms with Gasteiger partial charge in [-0.1, -0.05) is 23.7 Å². The van der Waals surface area contributed by atoms with Crippen LogP contribution in [0.2, 0.25) is 5.02 Å². The lowest BCUT2D eigenvalue weighted by atomic mass is 10.0. The van der Waals surface area contributed by atoms with Crippen molar-refractivity contribution >= 4 is 55.2 Å². The first-order valence-corrected chi connectivity index (χ1v) is 18.9. The van der Waals surface area contributed by atoms with Crippen LogP contribution in [0.4, 0.5) is 32.2 Å². The lowest BCUT2D eigenvalue weighted by Gasteiger charge is -2.24. The van der Waals surface area contributed by atoms with Crippen LogP contribution in [-0.4, -0.2) is 49.7 Å². The van der Waals surface area contributed by atoms with Gasteiger partial charge in [-0.25, -0.2) is 31.0 Å². The standard InChI is InChI=1S/C35H27ClF6N8O4S/c1-48-29-24(8-7-21(36)27(29)32(46-48)47-55(2,53)54)50-33(44-22-6-4-3-5-18(22)34(50)52)23(11-15-9-16(37)12-17(38)10-15)43-25(51)14-49-30-26(28(45-49)31(39)40)19-13-20(19)35(30,41)42/h3-10,12,19-20,23,31H,11,13-14H2,1-2H3,(H,43,51)(H,46,47)/t19-,20?,23?/m0/s1. The molecule has 2 N–H and O–H groups in total. The van der Waals surface area contributed by atoms with Crippen LogP contribution in [0.25, 0.3) is 27.5 Å². The van der Waals surface area contributed by atoms with Gasteiger partial charge in [0.05, 0.1) is 44.8 Å². The van der Waals surface area contributed by atoms with Gasteiger partial charge in [0.15, 0.2) is 5.82 Å². The summed E-state index contributed by atoms with van der Waals surface area (Å²) in [5.41, 5.74) is -2.27. The highest BCUT2D eigenvalue weighted by atomic mass is 35.5. The predicted molar refractivity (Wildman–Crippen MR) is 188 cm³/mol. The number of nitrogens with zero attached hydrogens (tertiary/aromatic N) is 6. The number of aromatic nitrogens is 6. The molecule has 2 unspecified atom stereocenters. The van der Waals surface area contributed by atoms with Crippen LogP contribution in [0.5, 0.6) is 0 Å². The predicted octanol–water partition coefficient (Wildman–Crippen LogP) is 6.02. The maximum atomic E-state index is 15.4. The third-order valence-corrected chi connectivity index (χ3v) is 10.6. The molecule has 1 fully saturated rings. The molecular formula is C35H27ClF6N8O4S. The first kappa shape index (κ1) is 36.5. The molecule has 2 aliphatic carbocycles. The molecule has 3 atom stereocenters. The molecule has 3 heterocycles. The van der Waals surface area contributed by atoms with Gasteiger partial charge in [0, 0.05) is 31.0 Å². The first-order valence-electron chi connectivity index (χ1n) is 16.6. The monoisotopic (exact) mass is 804 g/mol. The number of aryl methyl sites for hydroxylation is 1. The molecule has 286 valence electrons. The van der Waals surface area contributed by atoms with E-state index in [0.29, 0.717) is 10.7 Å². The number of para-hydroxylation sites is 1. The van der Waals surface area contributed by atoms with E-state index in [9.17, 15) is 35.6 Å². The van der Waals surface area contributed by atoms with E-state index in [4.69, 9.17) is 16.6 Å². The minimum Gasteiger partial charge on any atom is -0.344 e. The van der Waals surface area contributed by atoms with Crippen molar-refractivity contribution in [2.45, 2.75) is 43.7 Å². The molecule has 8 rings (SSSR count). The van der Waals surface area contributed by atoms with Gasteiger partial charge in [-0.2, -0.15) is 19.0 Å². The van der Waals surface area contributed by atoms with E-state index < -0.39 is 87.7 Å². The quantitative estimate of drug-likeness (QED) is 0.161. The van der Waals surface area contributed by atoms with Crippen LogP contribution < -0.4 is 15.6 Å². The lowest BCUT2D eigenvalue weighted by Crippen LogP contribution is -2.38. The van der Waals surface area contributed by atoms with E-state index in [1.165, 1.54) is 36.0 Å². The van der Waals surface area contributed by atoms with Crippen LogP contribution in [0.15, 0.2) is 59.4 Å². The summed E-state index contributed by atoms with van der Waals surface area (Å²) in [6, 6.07) is 10.1. The third-order valence-electron chi connectivity index (χ3n) is 9.71. The molecule has 0 saturated heterocycles. The van der Waals surface area contributed by atoms with Gasteiger partial charge >= 0.3 is 0 Å². The Morgan fingerprint density at radius 3 is 2.47 bits per heavy atom. The van der Waals surface area contributed by atoms with Crippen molar-refractivity contribution in [2.75, 3.05) is 11.0 Å². The van der Waals surface area contributed by atoms with E-state index in [0.717, 1.165) is 23.0 Å². The molecule has 55 heavy (non-hydrogen) atoms. The molecule has 12 nitrogen and oxygen atoms in total. The number of carbonyl (C=O) groups is 1. The van der Waals surface area contributed by atoms with Crippen molar-refractivity contribution in [3.8, 4) is 5.69 Å². The Morgan fingerprint density at radius 2 is 1.78 bits per heavy atom. The minimum absolute atomic E-state index is 0.00941. The normalized spacial score (nSPS) is 17.8. The number of anilines is 1. The highest BCUT2D eigenvalue weighted by Crippen LogP contribution is 2.68. The van der Waals surface area contributed by atoms with Crippen molar-refractivity contribution in [1.82, 2.24) is 34.4 Å². The average molecular weight is 805 g/mol. The third kappa shape index (κ3) is 6.27. The van der Waals surface area contributed by atoms with Gasteiger partial charge in [-0.15, -0.1) is 0 Å². The molecular weight excluding hydrogens is 778 g/mol. The topological polar surface area (TPSA) is 146 Å². The molecule has 1 saturated carbocycles. The Balaban J connectivity index is 1.31. The smallest absolute Gasteiger partial charge is 0.293 e. The molecule has 0 bridgehead atoms. The van der Waals surface area contributed by atoms with E-state index in [1.54, 1.807) is 12.1 Å². The zero-order valence-corrected chi connectivity index (χ0v) is 30.1. The molecule has 3 aromatic heterocycles. The summed E-state index contributed by atoms with van der Waals surface area (Å²) in [6.45, 7) is -0.955. The number of benzene rings is 3. The number of amides is 1. The van der Waals surface area contributed by atoms with Crippen LogP contribution in [0, 0.1) is 17.6 Å². The first-order chi connectivity index (χ1) is 25.9. The van der Waals surface area contributed by atoms with Crippen molar-refractivity contribution in [3.63, 3.8) is 0 Å². The molecule has 0 radical (unpaired) electrons. The fourth-order valence-electron chi connectivity index (χ4n) is 7.53. The molecule has 0 aliphatic heterocycles. The SMILES string of the molecule is Cn1nc(NS(C)(=O)=O)c2c(Cl)ccc(-n3c(C(Cc4cc(F)cc(F)c4)NC(=O)Cn4nc(C(F)F)c5c4C(F)(F)C4C[C@H]54)nc4ccccc4c3=O)c21. The summed E-state index contributed by atoms with van der Waals surface area (Å²) in [6.07, 6.45) is -2.69. The van der Waals surface area contributed by atoms with Crippen molar-refractivity contribution < 1.29 is 39.6 Å². The van der Waals surface area contributed by atoms with Crippen LogP contribution in [-0.2, 0) is 40.8 Å². The Morgan fingerprint density at radius 1 is 1.07 bits per heavy atom. The number of alkyl halides is 4. The zero-order chi connectivity index (χ0) is 39.3. The summed E-state index contributed by atoms with van der Waals surface area (Å²) in [5, 5.41) is 10.8. The van der Waals surface area contributed by atoms with Gasteiger partial charge in [0.25, 0.3) is 17.9 Å². The number of hydrogen-bond acceptors (Lipinski definition) is 7. The van der Waals surface area contributed by atoms with Crippen LogP contribution >= 0.6 is 11.6 Å². The number of rotatable bonds is 10. The number of halogens is 7. The Hall–Kier alpha value is -5.43. The second-order valence-corrected chi connectivity index (χ2v) is 15.7. The fourth-order valence-corrected chi connectivity index (χ4v) is 8.26. The molecule has 20 heteroatoms. The van der Waals surface area contributed by atoms with Crippen molar-refractivity contribution in [2.24, 2.45) is 13.0 Å². The van der Waals surface area contributed by atoms with Gasteiger partial charge in [0.2, 0.25) is 15.9 Å². The van der Waals surface area contributed by atoms with Gasteiger partial charge in [0.1, 0.15) is 35.4 Å². The second kappa shape index (κ2) is 12.8. The molecule has 0 spiro atoms. The number of nitrogens with one attached hydrogen (secondary N) is 2. The molecule has 1 amide bonds. The summed E-state index contributed by atoms with van der Waals surface area (Å²) in [7, 11) is -2.42.